The number of hydroxylamine groups is 2. The lowest BCUT2D eigenvalue weighted by Crippen LogP contribution is -2.66. The Hall–Kier alpha value is -3.55. The van der Waals surface area contributed by atoms with Crippen LogP contribution in [0.25, 0.3) is 0 Å². The number of hydrogen-bond donors (Lipinski definition) is 1. The molecule has 2 saturated heterocycles. The van der Waals surface area contributed by atoms with Crippen LogP contribution in [0.4, 0.5) is 0 Å². The summed E-state index contributed by atoms with van der Waals surface area (Å²) in [6, 6.07) is -0.852. The van der Waals surface area contributed by atoms with Crippen LogP contribution in [-0.2, 0) is 57.3 Å². The van der Waals surface area contributed by atoms with Crippen LogP contribution >= 0.6 is 0 Å². The predicted octanol–water partition coefficient (Wildman–Crippen LogP) is 0.633. The van der Waals surface area contributed by atoms with Gasteiger partial charge in [0.1, 0.15) is 12.7 Å². The molecule has 2 aliphatic heterocycles. The number of carbonyl (C=O) groups excluding carboxylic acids is 7. The first-order valence-corrected chi connectivity index (χ1v) is 12.9. The zero-order valence-electron chi connectivity index (χ0n) is 22.6. The highest BCUT2D eigenvalue weighted by molar-refractivity contribution is 6.01. The number of unbranched alkanes of at least 4 members (excludes halogenated alkanes) is 3. The summed E-state index contributed by atoms with van der Waals surface area (Å²) in [5.41, 5.74) is 0. The van der Waals surface area contributed by atoms with Gasteiger partial charge in [0.15, 0.2) is 12.2 Å². The van der Waals surface area contributed by atoms with Crippen LogP contribution in [0.3, 0.4) is 0 Å². The minimum atomic E-state index is -1.14. The Morgan fingerprint density at radius 1 is 0.821 bits per heavy atom. The van der Waals surface area contributed by atoms with E-state index in [1.54, 1.807) is 0 Å². The Morgan fingerprint density at radius 3 is 1.97 bits per heavy atom. The smallest absolute Gasteiger partial charge is 0.333 e. The van der Waals surface area contributed by atoms with E-state index in [2.05, 4.69) is 5.32 Å². The fourth-order valence-electron chi connectivity index (χ4n) is 4.45. The average molecular weight is 557 g/mol. The third-order valence-corrected chi connectivity index (χ3v) is 6.04. The molecule has 5 atom stereocenters. The number of nitrogens with one attached hydrogen (secondary N) is 1. The zero-order chi connectivity index (χ0) is 29.1. The first kappa shape index (κ1) is 31.7. The summed E-state index contributed by atoms with van der Waals surface area (Å²) in [5.74, 6) is -4.08. The molecular formula is C25H36N2O12. The number of hydrogen-bond acceptors (Lipinski definition) is 12. The van der Waals surface area contributed by atoms with Crippen molar-refractivity contribution < 1.29 is 57.3 Å². The lowest BCUT2D eigenvalue weighted by atomic mass is 9.89. The van der Waals surface area contributed by atoms with Gasteiger partial charge in [-0.1, -0.05) is 19.3 Å². The van der Waals surface area contributed by atoms with Crippen LogP contribution in [0.1, 0.15) is 79.1 Å². The van der Waals surface area contributed by atoms with Crippen LogP contribution in [0, 0.1) is 0 Å². The second-order valence-electron chi connectivity index (χ2n) is 9.39. The van der Waals surface area contributed by atoms with E-state index in [0.717, 1.165) is 0 Å². The SMILES string of the molecule is CC(=O)NC1C(CCCCCCC(=O)ON2C(=O)CCC2=O)OC(COC(C)=O)C(OC(C)=O)C1OC(C)=O. The minimum Gasteiger partial charge on any atom is -0.463 e. The summed E-state index contributed by atoms with van der Waals surface area (Å²) in [4.78, 5) is 87.0. The Morgan fingerprint density at radius 2 is 1.41 bits per heavy atom. The summed E-state index contributed by atoms with van der Waals surface area (Å²) in [7, 11) is 0. The van der Waals surface area contributed by atoms with Crippen LogP contribution in [-0.4, -0.2) is 83.7 Å². The number of ether oxygens (including phenoxy) is 4. The molecule has 0 aromatic carbocycles. The predicted molar refractivity (Wildman–Crippen MR) is 129 cm³/mol. The normalized spacial score (nSPS) is 24.6. The van der Waals surface area contributed by atoms with Crippen molar-refractivity contribution >= 4 is 41.6 Å². The van der Waals surface area contributed by atoms with Crippen molar-refractivity contribution in [2.75, 3.05) is 6.61 Å². The van der Waals surface area contributed by atoms with Crippen LogP contribution in [0.5, 0.6) is 0 Å². The molecule has 0 bridgehead atoms. The quantitative estimate of drug-likeness (QED) is 0.145. The largest absolute Gasteiger partial charge is 0.463 e. The van der Waals surface area contributed by atoms with Gasteiger partial charge < -0.3 is 29.1 Å². The number of imide groups is 1. The molecule has 14 heteroatoms. The van der Waals surface area contributed by atoms with Gasteiger partial charge in [-0.05, 0) is 12.8 Å². The maximum absolute atomic E-state index is 12.0. The van der Waals surface area contributed by atoms with E-state index in [9.17, 15) is 33.6 Å². The van der Waals surface area contributed by atoms with Crippen LogP contribution < -0.4 is 5.32 Å². The molecule has 0 saturated carbocycles. The topological polar surface area (TPSA) is 181 Å². The fourth-order valence-corrected chi connectivity index (χ4v) is 4.45. The van der Waals surface area contributed by atoms with Crippen molar-refractivity contribution in [3.05, 3.63) is 0 Å². The number of esters is 3. The molecule has 2 rings (SSSR count). The van der Waals surface area contributed by atoms with Gasteiger partial charge in [0.05, 0.1) is 12.1 Å². The number of nitrogens with zero attached hydrogens (tertiary/aromatic N) is 1. The minimum absolute atomic E-state index is 0.0224. The highest BCUT2D eigenvalue weighted by Gasteiger charge is 2.50. The van der Waals surface area contributed by atoms with Gasteiger partial charge in [0.25, 0.3) is 11.8 Å². The summed E-state index contributed by atoms with van der Waals surface area (Å²) in [6.07, 6.45) is -1.09. The Bertz CT molecular complexity index is 935. The molecule has 2 heterocycles. The van der Waals surface area contributed by atoms with Crippen LogP contribution in [0.15, 0.2) is 0 Å². The molecular weight excluding hydrogens is 520 g/mol. The highest BCUT2D eigenvalue weighted by Crippen LogP contribution is 2.30. The first-order chi connectivity index (χ1) is 18.4. The molecule has 0 aromatic heterocycles. The summed E-state index contributed by atoms with van der Waals surface area (Å²) in [6.45, 7) is 4.58. The molecule has 2 aliphatic rings. The lowest BCUT2D eigenvalue weighted by molar-refractivity contribution is -0.224. The number of rotatable bonds is 13. The van der Waals surface area contributed by atoms with Crippen molar-refractivity contribution in [1.82, 2.24) is 10.4 Å². The molecule has 2 fully saturated rings. The molecule has 39 heavy (non-hydrogen) atoms. The molecule has 218 valence electrons. The van der Waals surface area contributed by atoms with E-state index >= 15 is 0 Å². The van der Waals surface area contributed by atoms with Crippen molar-refractivity contribution in [2.45, 2.75) is 110 Å². The zero-order valence-corrected chi connectivity index (χ0v) is 22.6. The Labute approximate surface area is 225 Å². The lowest BCUT2D eigenvalue weighted by Gasteiger charge is -2.45. The number of amides is 3. The Balaban J connectivity index is 1.99. The summed E-state index contributed by atoms with van der Waals surface area (Å²) in [5, 5.41) is 3.24. The third-order valence-electron chi connectivity index (χ3n) is 6.04. The number of carbonyl (C=O) groups is 7. The summed E-state index contributed by atoms with van der Waals surface area (Å²) >= 11 is 0. The second-order valence-corrected chi connectivity index (χ2v) is 9.39. The Kier molecular flexibility index (Phi) is 12.3. The molecule has 5 unspecified atom stereocenters. The van der Waals surface area contributed by atoms with Gasteiger partial charge in [-0.25, -0.2) is 4.79 Å². The third kappa shape index (κ3) is 10.3. The van der Waals surface area contributed by atoms with Gasteiger partial charge in [0, 0.05) is 47.0 Å². The fraction of sp³-hybridized carbons (Fsp3) is 0.720. The monoisotopic (exact) mass is 556 g/mol. The van der Waals surface area contributed by atoms with Crippen molar-refractivity contribution in [3.63, 3.8) is 0 Å². The van der Waals surface area contributed by atoms with Gasteiger partial charge in [0.2, 0.25) is 5.91 Å². The summed E-state index contributed by atoms with van der Waals surface area (Å²) < 4.78 is 22.0. The van der Waals surface area contributed by atoms with Crippen molar-refractivity contribution in [1.29, 1.82) is 0 Å². The average Bonchev–Trinajstić information content (AvgIpc) is 3.14. The van der Waals surface area contributed by atoms with E-state index in [1.165, 1.54) is 27.7 Å². The standard InChI is InChI=1S/C25H36N2O12/c1-14(28)26-23-18(9-7-5-6-8-10-22(34)39-27-20(32)11-12-21(27)33)38-19(13-35-15(2)29)24(36-16(3)30)25(23)37-17(4)31/h18-19,23-25H,5-13H2,1-4H3,(H,26,28). The molecule has 0 aliphatic carbocycles. The molecule has 14 nitrogen and oxygen atoms in total. The second kappa shape index (κ2) is 15.1. The van der Waals surface area contributed by atoms with Gasteiger partial charge >= 0.3 is 23.9 Å². The molecule has 0 aromatic rings. The van der Waals surface area contributed by atoms with Gasteiger partial charge in [-0.2, -0.15) is 0 Å². The molecule has 0 radical (unpaired) electrons. The van der Waals surface area contributed by atoms with E-state index in [4.69, 9.17) is 23.8 Å². The molecule has 3 amide bonds. The van der Waals surface area contributed by atoms with E-state index < -0.39 is 72.1 Å². The van der Waals surface area contributed by atoms with Crippen LogP contribution in [0.2, 0.25) is 0 Å². The first-order valence-electron chi connectivity index (χ1n) is 12.9. The van der Waals surface area contributed by atoms with E-state index in [1.807, 2.05) is 0 Å². The maximum Gasteiger partial charge on any atom is 0.333 e. The van der Waals surface area contributed by atoms with Crippen molar-refractivity contribution in [2.24, 2.45) is 0 Å². The molecule has 1 N–H and O–H groups in total. The maximum atomic E-state index is 12.0. The van der Waals surface area contributed by atoms with Crippen molar-refractivity contribution in [3.8, 4) is 0 Å². The highest BCUT2D eigenvalue weighted by atomic mass is 16.7. The van der Waals surface area contributed by atoms with Gasteiger partial charge in [-0.3, -0.25) is 28.8 Å². The van der Waals surface area contributed by atoms with E-state index in [-0.39, 0.29) is 25.9 Å². The molecule has 0 spiro atoms. The van der Waals surface area contributed by atoms with Gasteiger partial charge in [-0.15, -0.1) is 5.06 Å². The van der Waals surface area contributed by atoms with E-state index in [0.29, 0.717) is 37.2 Å².